The molecule has 1 aromatic heterocycles. The molecule has 0 radical (unpaired) electrons. The average Bonchev–Trinajstić information content (AvgIpc) is 2.78. The molecule has 154 valence electrons. The van der Waals surface area contributed by atoms with Gasteiger partial charge in [0.05, 0.1) is 37.9 Å². The standard InChI is InChI=1S/C22H27N3O4/c1-28-15-2-3-18-17(13-15)16(4-6-23-18)21(26)19-12-14-5-7-25(19)22(27)20(14)24-8-10-29-11-9-24/h2-4,6,13-14,19-21,26H,5,7-12H2,1H3/t14-,19+,20+,21-/m0/s1. The lowest BCUT2D eigenvalue weighted by Crippen LogP contribution is -2.66. The van der Waals surface area contributed by atoms with Gasteiger partial charge in [-0.3, -0.25) is 14.7 Å². The Morgan fingerprint density at radius 3 is 2.83 bits per heavy atom. The highest BCUT2D eigenvalue weighted by Gasteiger charge is 2.50. The van der Waals surface area contributed by atoms with Crippen molar-refractivity contribution in [2.24, 2.45) is 5.92 Å². The number of amides is 1. The van der Waals surface area contributed by atoms with Crippen LogP contribution in [0.5, 0.6) is 5.75 Å². The number of ether oxygens (including phenoxy) is 2. The number of carbonyl (C=O) groups is 1. The topological polar surface area (TPSA) is 75.1 Å². The van der Waals surface area contributed by atoms with Crippen molar-refractivity contribution in [3.05, 3.63) is 36.0 Å². The van der Waals surface area contributed by atoms with Gasteiger partial charge in [-0.15, -0.1) is 0 Å². The molecule has 0 spiro atoms. The third kappa shape index (κ3) is 3.17. The highest BCUT2D eigenvalue weighted by molar-refractivity contribution is 5.86. The van der Waals surface area contributed by atoms with Crippen LogP contribution in [0.2, 0.25) is 0 Å². The van der Waals surface area contributed by atoms with Crippen molar-refractivity contribution in [3.8, 4) is 5.75 Å². The van der Waals surface area contributed by atoms with E-state index in [9.17, 15) is 9.90 Å². The smallest absolute Gasteiger partial charge is 0.240 e. The third-order valence-electron chi connectivity index (χ3n) is 6.77. The molecule has 2 aromatic rings. The Morgan fingerprint density at radius 2 is 2.07 bits per heavy atom. The van der Waals surface area contributed by atoms with Crippen LogP contribution < -0.4 is 4.74 Å². The van der Waals surface area contributed by atoms with Gasteiger partial charge in [0.1, 0.15) is 11.9 Å². The summed E-state index contributed by atoms with van der Waals surface area (Å²) in [6.45, 7) is 3.71. The summed E-state index contributed by atoms with van der Waals surface area (Å²) in [5.41, 5.74) is 1.62. The van der Waals surface area contributed by atoms with Crippen molar-refractivity contribution in [1.29, 1.82) is 0 Å². The SMILES string of the molecule is COc1ccc2nccc([C@H](O)[C@H]3C[C@@H]4CCN3C(=O)[C@@H]4N3CCOCC3)c2c1. The first-order chi connectivity index (χ1) is 14.2. The van der Waals surface area contributed by atoms with E-state index in [-0.39, 0.29) is 23.9 Å². The molecule has 0 saturated carbocycles. The zero-order valence-corrected chi connectivity index (χ0v) is 16.7. The largest absolute Gasteiger partial charge is 0.497 e. The molecule has 2 bridgehead atoms. The second-order valence-corrected chi connectivity index (χ2v) is 8.20. The van der Waals surface area contributed by atoms with Crippen LogP contribution in [0.1, 0.15) is 24.5 Å². The Hall–Kier alpha value is -2.22. The van der Waals surface area contributed by atoms with Gasteiger partial charge in [0, 0.05) is 31.2 Å². The van der Waals surface area contributed by atoms with E-state index in [2.05, 4.69) is 9.88 Å². The molecule has 4 aliphatic rings. The molecule has 7 heteroatoms. The molecule has 4 saturated heterocycles. The first-order valence-electron chi connectivity index (χ1n) is 10.4. The number of hydrogen-bond acceptors (Lipinski definition) is 6. The van der Waals surface area contributed by atoms with Gasteiger partial charge in [-0.05, 0) is 48.6 Å². The number of nitrogens with zero attached hydrogens (tertiary/aromatic N) is 3. The fraction of sp³-hybridized carbons (Fsp3) is 0.545. The number of aromatic nitrogens is 1. The Labute approximate surface area is 170 Å². The fourth-order valence-electron chi connectivity index (χ4n) is 5.31. The molecule has 1 aromatic carbocycles. The number of carbonyl (C=O) groups excluding carboxylic acids is 1. The van der Waals surface area contributed by atoms with Gasteiger partial charge in [-0.1, -0.05) is 0 Å². The number of piperidine rings is 3. The van der Waals surface area contributed by atoms with Crippen molar-refractivity contribution >= 4 is 16.8 Å². The summed E-state index contributed by atoms with van der Waals surface area (Å²) >= 11 is 0. The van der Waals surface area contributed by atoms with Crippen molar-refractivity contribution in [1.82, 2.24) is 14.8 Å². The molecule has 0 unspecified atom stereocenters. The molecule has 7 nitrogen and oxygen atoms in total. The number of pyridine rings is 1. The summed E-state index contributed by atoms with van der Waals surface area (Å²) in [5, 5.41) is 12.2. The van der Waals surface area contributed by atoms with Crippen molar-refractivity contribution in [2.75, 3.05) is 40.0 Å². The molecule has 4 atom stereocenters. The maximum atomic E-state index is 13.3. The molecule has 1 N–H and O–H groups in total. The summed E-state index contributed by atoms with van der Waals surface area (Å²) < 4.78 is 10.8. The third-order valence-corrected chi connectivity index (χ3v) is 6.77. The summed E-state index contributed by atoms with van der Waals surface area (Å²) in [5.74, 6) is 1.18. The second-order valence-electron chi connectivity index (χ2n) is 8.20. The van der Waals surface area contributed by atoms with E-state index in [1.165, 1.54) is 0 Å². The van der Waals surface area contributed by atoms with Crippen LogP contribution in [-0.4, -0.2) is 77.8 Å². The number of methoxy groups -OCH3 is 1. The summed E-state index contributed by atoms with van der Waals surface area (Å²) in [4.78, 5) is 21.9. The summed E-state index contributed by atoms with van der Waals surface area (Å²) in [6.07, 6.45) is 2.80. The van der Waals surface area contributed by atoms with Crippen LogP contribution in [0.15, 0.2) is 30.5 Å². The lowest BCUT2D eigenvalue weighted by molar-refractivity contribution is -0.163. The number of rotatable bonds is 4. The van der Waals surface area contributed by atoms with Crippen LogP contribution in [0.3, 0.4) is 0 Å². The molecule has 1 amide bonds. The van der Waals surface area contributed by atoms with E-state index < -0.39 is 6.10 Å². The Bertz CT molecular complexity index is 914. The Morgan fingerprint density at radius 1 is 1.24 bits per heavy atom. The first-order valence-corrected chi connectivity index (χ1v) is 10.4. The van der Waals surface area contributed by atoms with Gasteiger partial charge in [0.25, 0.3) is 0 Å². The molecule has 6 rings (SSSR count). The predicted molar refractivity (Wildman–Crippen MR) is 108 cm³/mol. The summed E-state index contributed by atoms with van der Waals surface area (Å²) in [6, 6.07) is 7.28. The normalized spacial score (nSPS) is 28.7. The zero-order valence-electron chi connectivity index (χ0n) is 16.7. The van der Waals surface area contributed by atoms with Gasteiger partial charge in [-0.25, -0.2) is 0 Å². The Kier molecular flexibility index (Phi) is 4.89. The van der Waals surface area contributed by atoms with Crippen molar-refractivity contribution in [2.45, 2.75) is 31.0 Å². The average molecular weight is 397 g/mol. The maximum absolute atomic E-state index is 13.3. The molecule has 4 fully saturated rings. The monoisotopic (exact) mass is 397 g/mol. The summed E-state index contributed by atoms with van der Waals surface area (Å²) in [7, 11) is 1.63. The molecule has 0 aliphatic carbocycles. The molecule has 5 heterocycles. The van der Waals surface area contributed by atoms with Gasteiger partial charge in [0.2, 0.25) is 5.91 Å². The number of fused-ring (bicyclic) bond motifs is 4. The van der Waals surface area contributed by atoms with Gasteiger partial charge < -0.3 is 19.5 Å². The first kappa shape index (κ1) is 18.8. The molecular formula is C22H27N3O4. The van der Waals surface area contributed by atoms with Crippen LogP contribution in [0.25, 0.3) is 10.9 Å². The maximum Gasteiger partial charge on any atom is 0.240 e. The molecule has 29 heavy (non-hydrogen) atoms. The van der Waals surface area contributed by atoms with E-state index >= 15 is 0 Å². The highest BCUT2D eigenvalue weighted by atomic mass is 16.5. The number of aliphatic hydroxyl groups is 1. The lowest BCUT2D eigenvalue weighted by atomic mass is 9.75. The van der Waals surface area contributed by atoms with Crippen molar-refractivity contribution in [3.63, 3.8) is 0 Å². The highest BCUT2D eigenvalue weighted by Crippen LogP contribution is 2.41. The number of benzene rings is 1. The molecular weight excluding hydrogens is 370 g/mol. The van der Waals surface area contributed by atoms with E-state index in [0.29, 0.717) is 13.2 Å². The van der Waals surface area contributed by atoms with Crippen LogP contribution in [-0.2, 0) is 9.53 Å². The van der Waals surface area contributed by atoms with E-state index in [1.54, 1.807) is 13.3 Å². The van der Waals surface area contributed by atoms with Gasteiger partial charge in [-0.2, -0.15) is 0 Å². The van der Waals surface area contributed by atoms with E-state index in [0.717, 1.165) is 54.7 Å². The number of aliphatic hydroxyl groups excluding tert-OH is 1. The minimum atomic E-state index is -0.745. The van der Waals surface area contributed by atoms with E-state index in [1.807, 2.05) is 29.2 Å². The van der Waals surface area contributed by atoms with Crippen LogP contribution in [0.4, 0.5) is 0 Å². The Balaban J connectivity index is 1.44. The zero-order chi connectivity index (χ0) is 20.0. The second kappa shape index (κ2) is 7.55. The van der Waals surface area contributed by atoms with Crippen molar-refractivity contribution < 1.29 is 19.4 Å². The molecule has 4 aliphatic heterocycles. The number of morpholine rings is 1. The minimum Gasteiger partial charge on any atom is -0.497 e. The van der Waals surface area contributed by atoms with Crippen LogP contribution >= 0.6 is 0 Å². The van der Waals surface area contributed by atoms with Gasteiger partial charge >= 0.3 is 0 Å². The van der Waals surface area contributed by atoms with Crippen LogP contribution in [0, 0.1) is 5.92 Å². The minimum absolute atomic E-state index is 0.0645. The van der Waals surface area contributed by atoms with E-state index in [4.69, 9.17) is 9.47 Å². The fourth-order valence-corrected chi connectivity index (χ4v) is 5.31. The quantitative estimate of drug-likeness (QED) is 0.845. The number of hydrogen-bond donors (Lipinski definition) is 1. The lowest BCUT2D eigenvalue weighted by Gasteiger charge is -2.53. The van der Waals surface area contributed by atoms with Gasteiger partial charge in [0.15, 0.2) is 0 Å². The predicted octanol–water partition coefficient (Wildman–Crippen LogP) is 1.60.